The first-order valence-corrected chi connectivity index (χ1v) is 7.24. The van der Waals surface area contributed by atoms with Crippen molar-refractivity contribution in [3.63, 3.8) is 0 Å². The van der Waals surface area contributed by atoms with E-state index in [4.69, 9.17) is 0 Å². The Morgan fingerprint density at radius 1 is 1.58 bits per heavy atom. The highest BCUT2D eigenvalue weighted by Crippen LogP contribution is 2.26. The van der Waals surface area contributed by atoms with Crippen molar-refractivity contribution < 1.29 is 9.18 Å². The van der Waals surface area contributed by atoms with E-state index in [0.29, 0.717) is 18.2 Å². The Labute approximate surface area is 121 Å². The van der Waals surface area contributed by atoms with Crippen molar-refractivity contribution >= 4 is 21.8 Å². The summed E-state index contributed by atoms with van der Waals surface area (Å²) < 4.78 is 13.6. The van der Waals surface area contributed by atoms with Crippen LogP contribution in [0.25, 0.3) is 0 Å². The second kappa shape index (κ2) is 6.01. The molecule has 1 aromatic carbocycles. The molecule has 0 aromatic heterocycles. The van der Waals surface area contributed by atoms with Crippen LogP contribution >= 0.6 is 15.9 Å². The van der Waals surface area contributed by atoms with E-state index >= 15 is 0 Å². The zero-order valence-electron chi connectivity index (χ0n) is 11.1. The van der Waals surface area contributed by atoms with E-state index < -0.39 is 5.82 Å². The van der Waals surface area contributed by atoms with Gasteiger partial charge in [0.2, 0.25) is 0 Å². The molecule has 0 spiro atoms. The normalized spacial score (nSPS) is 16.5. The van der Waals surface area contributed by atoms with Crippen LogP contribution in [0.3, 0.4) is 0 Å². The van der Waals surface area contributed by atoms with E-state index in [1.807, 2.05) is 0 Å². The summed E-state index contributed by atoms with van der Waals surface area (Å²) >= 11 is 3.10. The standard InChI is InChI=1S/C14H18BrFN2O/c1-9(18(2)10-6-7-10)8-17-14(19)11-4-3-5-12(16)13(11)15/h3-5,9-10H,6-8H2,1-2H3,(H,17,19). The fourth-order valence-electron chi connectivity index (χ4n) is 2.00. The minimum atomic E-state index is -0.421. The second-order valence-corrected chi connectivity index (χ2v) is 5.85. The number of carbonyl (C=O) groups is 1. The van der Waals surface area contributed by atoms with Crippen LogP contribution in [0.2, 0.25) is 0 Å². The van der Waals surface area contributed by atoms with Gasteiger partial charge in [0.15, 0.2) is 0 Å². The quantitative estimate of drug-likeness (QED) is 0.901. The maximum absolute atomic E-state index is 13.3. The molecule has 1 aromatic rings. The molecule has 104 valence electrons. The molecule has 0 bridgehead atoms. The van der Waals surface area contributed by atoms with Gasteiger partial charge in [-0.05, 0) is 54.9 Å². The summed E-state index contributed by atoms with van der Waals surface area (Å²) in [6.07, 6.45) is 2.48. The van der Waals surface area contributed by atoms with Crippen LogP contribution in [-0.4, -0.2) is 36.5 Å². The average molecular weight is 329 g/mol. The lowest BCUT2D eigenvalue weighted by Gasteiger charge is -2.24. The van der Waals surface area contributed by atoms with Crippen LogP contribution in [-0.2, 0) is 0 Å². The number of nitrogens with zero attached hydrogens (tertiary/aromatic N) is 1. The molecule has 1 atom stereocenters. The molecule has 1 aliphatic rings. The van der Waals surface area contributed by atoms with E-state index in [2.05, 4.69) is 40.1 Å². The van der Waals surface area contributed by atoms with Gasteiger partial charge in [-0.1, -0.05) is 6.07 Å². The molecule has 5 heteroatoms. The van der Waals surface area contributed by atoms with Gasteiger partial charge in [0.1, 0.15) is 5.82 Å². The number of hydrogen-bond acceptors (Lipinski definition) is 2. The first-order valence-electron chi connectivity index (χ1n) is 6.45. The van der Waals surface area contributed by atoms with Crippen LogP contribution in [0.5, 0.6) is 0 Å². The Balaban J connectivity index is 1.92. The molecule has 1 fully saturated rings. The predicted molar refractivity (Wildman–Crippen MR) is 76.7 cm³/mol. The minimum Gasteiger partial charge on any atom is -0.350 e. The topological polar surface area (TPSA) is 32.3 Å². The fourth-order valence-corrected chi connectivity index (χ4v) is 2.44. The number of halogens is 2. The SMILES string of the molecule is CC(CNC(=O)c1cccc(F)c1Br)N(C)C1CC1. The van der Waals surface area contributed by atoms with Crippen molar-refractivity contribution in [2.45, 2.75) is 31.8 Å². The second-order valence-electron chi connectivity index (χ2n) is 5.06. The highest BCUT2D eigenvalue weighted by molar-refractivity contribution is 9.10. The Hall–Kier alpha value is -0.940. The van der Waals surface area contributed by atoms with Crippen LogP contribution < -0.4 is 5.32 Å². The summed E-state index contributed by atoms with van der Waals surface area (Å²) in [6, 6.07) is 5.41. The lowest BCUT2D eigenvalue weighted by molar-refractivity contribution is 0.0938. The molecule has 2 rings (SSSR count). The predicted octanol–water partition coefficient (Wildman–Crippen LogP) is 2.80. The van der Waals surface area contributed by atoms with Gasteiger partial charge in [-0.2, -0.15) is 0 Å². The first kappa shape index (κ1) is 14.5. The Kier molecular flexibility index (Phi) is 4.58. The van der Waals surface area contributed by atoms with E-state index in [9.17, 15) is 9.18 Å². The van der Waals surface area contributed by atoms with Crippen molar-refractivity contribution in [2.24, 2.45) is 0 Å². The summed E-state index contributed by atoms with van der Waals surface area (Å²) in [5.74, 6) is -0.668. The largest absolute Gasteiger partial charge is 0.350 e. The number of likely N-dealkylation sites (N-methyl/N-ethyl adjacent to an activating group) is 1. The highest BCUT2D eigenvalue weighted by atomic mass is 79.9. The van der Waals surface area contributed by atoms with Crippen LogP contribution in [0.15, 0.2) is 22.7 Å². The molecule has 1 aliphatic carbocycles. The number of rotatable bonds is 5. The summed E-state index contributed by atoms with van der Waals surface area (Å²) in [5.41, 5.74) is 0.335. The molecule has 1 amide bonds. The Morgan fingerprint density at radius 2 is 2.26 bits per heavy atom. The van der Waals surface area contributed by atoms with Gasteiger partial charge in [0.25, 0.3) is 5.91 Å². The van der Waals surface area contributed by atoms with Gasteiger partial charge >= 0.3 is 0 Å². The lowest BCUT2D eigenvalue weighted by Crippen LogP contribution is -2.41. The lowest BCUT2D eigenvalue weighted by atomic mass is 10.2. The third kappa shape index (κ3) is 3.54. The van der Waals surface area contributed by atoms with Gasteiger partial charge in [-0.3, -0.25) is 9.69 Å². The smallest absolute Gasteiger partial charge is 0.252 e. The van der Waals surface area contributed by atoms with E-state index in [-0.39, 0.29) is 16.4 Å². The third-order valence-electron chi connectivity index (χ3n) is 3.57. The van der Waals surface area contributed by atoms with Gasteiger partial charge in [-0.25, -0.2) is 4.39 Å². The van der Waals surface area contributed by atoms with E-state index in [1.54, 1.807) is 6.07 Å². The van der Waals surface area contributed by atoms with Crippen LogP contribution in [0.1, 0.15) is 30.1 Å². The highest BCUT2D eigenvalue weighted by Gasteiger charge is 2.29. The van der Waals surface area contributed by atoms with Crippen molar-refractivity contribution in [1.29, 1.82) is 0 Å². The van der Waals surface area contributed by atoms with E-state index in [0.717, 1.165) is 0 Å². The summed E-state index contributed by atoms with van der Waals surface area (Å²) in [4.78, 5) is 14.3. The maximum Gasteiger partial charge on any atom is 0.252 e. The van der Waals surface area contributed by atoms with Crippen molar-refractivity contribution in [3.05, 3.63) is 34.1 Å². The van der Waals surface area contributed by atoms with Gasteiger partial charge in [0.05, 0.1) is 10.0 Å². The Bertz CT molecular complexity index is 477. The van der Waals surface area contributed by atoms with Crippen molar-refractivity contribution in [3.8, 4) is 0 Å². The summed E-state index contributed by atoms with van der Waals surface area (Å²) in [6.45, 7) is 2.65. The van der Waals surface area contributed by atoms with Crippen LogP contribution in [0.4, 0.5) is 4.39 Å². The number of benzene rings is 1. The molecular formula is C14H18BrFN2O. The van der Waals surface area contributed by atoms with Crippen molar-refractivity contribution in [1.82, 2.24) is 10.2 Å². The minimum absolute atomic E-state index is 0.218. The molecule has 1 saturated carbocycles. The summed E-state index contributed by atoms with van der Waals surface area (Å²) in [5, 5.41) is 2.85. The zero-order valence-corrected chi connectivity index (χ0v) is 12.7. The third-order valence-corrected chi connectivity index (χ3v) is 4.38. The molecule has 19 heavy (non-hydrogen) atoms. The van der Waals surface area contributed by atoms with Gasteiger partial charge < -0.3 is 5.32 Å². The number of nitrogens with one attached hydrogen (secondary N) is 1. The molecular weight excluding hydrogens is 311 g/mol. The van der Waals surface area contributed by atoms with E-state index in [1.165, 1.54) is 25.0 Å². The van der Waals surface area contributed by atoms with Crippen LogP contribution in [0, 0.1) is 5.82 Å². The zero-order chi connectivity index (χ0) is 14.0. The molecule has 1 N–H and O–H groups in total. The fraction of sp³-hybridized carbons (Fsp3) is 0.500. The Morgan fingerprint density at radius 3 is 2.89 bits per heavy atom. The van der Waals surface area contributed by atoms with Gasteiger partial charge in [0, 0.05) is 18.6 Å². The molecule has 0 heterocycles. The molecule has 0 aliphatic heterocycles. The number of carbonyl (C=O) groups excluding carboxylic acids is 1. The van der Waals surface area contributed by atoms with Crippen molar-refractivity contribution in [2.75, 3.05) is 13.6 Å². The summed E-state index contributed by atoms with van der Waals surface area (Å²) in [7, 11) is 2.08. The maximum atomic E-state index is 13.3. The molecule has 0 saturated heterocycles. The first-order chi connectivity index (χ1) is 9.00. The van der Waals surface area contributed by atoms with Gasteiger partial charge in [-0.15, -0.1) is 0 Å². The molecule has 1 unspecified atom stereocenters. The molecule has 3 nitrogen and oxygen atoms in total. The number of amides is 1. The number of hydrogen-bond donors (Lipinski definition) is 1. The molecule has 0 radical (unpaired) electrons. The monoisotopic (exact) mass is 328 g/mol. The average Bonchev–Trinajstić information content (AvgIpc) is 3.22.